The summed E-state index contributed by atoms with van der Waals surface area (Å²) in [6.07, 6.45) is 2.35. The second-order valence-corrected chi connectivity index (χ2v) is 5.47. The van der Waals surface area contributed by atoms with Gasteiger partial charge in [0.25, 0.3) is 0 Å². The first-order chi connectivity index (χ1) is 11.2. The average molecular weight is 312 g/mol. The fourth-order valence-corrected chi connectivity index (χ4v) is 2.17. The maximum atomic E-state index is 12.3. The van der Waals surface area contributed by atoms with E-state index in [2.05, 4.69) is 13.8 Å². The molecule has 0 spiro atoms. The van der Waals surface area contributed by atoms with E-state index in [4.69, 9.17) is 9.47 Å². The predicted octanol–water partition coefficient (Wildman–Crippen LogP) is 4.69. The Morgan fingerprint density at radius 1 is 0.783 bits per heavy atom. The number of hydrogen-bond acceptors (Lipinski definition) is 3. The molecule has 0 fully saturated rings. The van der Waals surface area contributed by atoms with Gasteiger partial charge >= 0.3 is 0 Å². The third-order valence-corrected chi connectivity index (χ3v) is 3.41. The Labute approximate surface area is 138 Å². The zero-order valence-corrected chi connectivity index (χ0v) is 13.9. The molecule has 2 rings (SSSR count). The first-order valence-corrected chi connectivity index (χ1v) is 8.20. The van der Waals surface area contributed by atoms with E-state index >= 15 is 0 Å². The molecule has 0 unspecified atom stereocenters. The summed E-state index contributed by atoms with van der Waals surface area (Å²) in [6, 6.07) is 15.1. The summed E-state index contributed by atoms with van der Waals surface area (Å²) in [7, 11) is 0. The second kappa shape index (κ2) is 8.99. The van der Waals surface area contributed by atoms with Gasteiger partial charge in [0.1, 0.15) is 11.5 Å². The Hall–Kier alpha value is -2.29. The third-order valence-electron chi connectivity index (χ3n) is 3.41. The van der Waals surface area contributed by atoms with Gasteiger partial charge in [-0.1, -0.05) is 26.0 Å². The highest BCUT2D eigenvalue weighted by molar-refractivity contribution is 5.97. The Morgan fingerprint density at radius 2 is 1.26 bits per heavy atom. The molecule has 0 heterocycles. The van der Waals surface area contributed by atoms with Crippen LogP contribution < -0.4 is 9.47 Å². The molecule has 0 bridgehead atoms. The fraction of sp³-hybridized carbons (Fsp3) is 0.350. The van der Waals surface area contributed by atoms with Crippen molar-refractivity contribution in [1.29, 1.82) is 0 Å². The van der Waals surface area contributed by atoms with E-state index in [1.54, 1.807) is 0 Å². The molecule has 3 nitrogen and oxygen atoms in total. The van der Waals surface area contributed by atoms with Gasteiger partial charge in [0.05, 0.1) is 13.2 Å². The van der Waals surface area contributed by atoms with Crippen LogP contribution in [0.5, 0.6) is 11.5 Å². The highest BCUT2D eigenvalue weighted by atomic mass is 16.5. The Balaban J connectivity index is 1.93. The topological polar surface area (TPSA) is 35.5 Å². The van der Waals surface area contributed by atoms with Gasteiger partial charge in [-0.3, -0.25) is 4.79 Å². The van der Waals surface area contributed by atoms with Crippen molar-refractivity contribution in [3.05, 3.63) is 59.7 Å². The molecule has 0 N–H and O–H groups in total. The number of carbonyl (C=O) groups is 1. The van der Waals surface area contributed by atoms with E-state index in [1.807, 2.05) is 48.5 Å². The molecule has 0 saturated carbocycles. The highest BCUT2D eigenvalue weighted by Crippen LogP contribution is 2.16. The molecule has 2 aromatic carbocycles. The lowest BCUT2D eigenvalue weighted by molar-refractivity contribution is 0.0993. The lowest BCUT2D eigenvalue weighted by Gasteiger charge is -2.07. The molecule has 0 atom stereocenters. The number of rotatable bonds is 9. The first kappa shape index (κ1) is 17.1. The van der Waals surface area contributed by atoms with Crippen LogP contribution in [0.1, 0.15) is 42.6 Å². The Kier molecular flexibility index (Phi) is 6.67. The Bertz CT molecular complexity index is 600. The largest absolute Gasteiger partial charge is 0.494 e. The maximum Gasteiger partial charge on any atom is 0.167 e. The molecule has 2 aromatic rings. The van der Waals surface area contributed by atoms with Gasteiger partial charge in [-0.05, 0) is 54.8 Å². The molecular weight excluding hydrogens is 288 g/mol. The molecule has 0 amide bonds. The fourth-order valence-electron chi connectivity index (χ4n) is 2.17. The summed E-state index contributed by atoms with van der Waals surface area (Å²) in [5, 5.41) is 0. The van der Waals surface area contributed by atoms with E-state index < -0.39 is 0 Å². The molecule has 0 aromatic heterocycles. The lowest BCUT2D eigenvalue weighted by Crippen LogP contribution is -2.04. The molecule has 0 saturated heterocycles. The van der Waals surface area contributed by atoms with E-state index in [0.717, 1.165) is 29.9 Å². The normalized spacial score (nSPS) is 10.3. The third kappa shape index (κ3) is 5.44. The van der Waals surface area contributed by atoms with Crippen LogP contribution >= 0.6 is 0 Å². The minimum absolute atomic E-state index is 0.106. The first-order valence-electron chi connectivity index (χ1n) is 8.20. The molecule has 0 radical (unpaired) electrons. The van der Waals surface area contributed by atoms with Crippen LogP contribution in [-0.4, -0.2) is 19.0 Å². The quantitative estimate of drug-likeness (QED) is 0.630. The van der Waals surface area contributed by atoms with Crippen molar-refractivity contribution < 1.29 is 14.3 Å². The summed E-state index contributed by atoms with van der Waals surface area (Å²) in [6.45, 7) is 5.55. The van der Waals surface area contributed by atoms with Crippen molar-refractivity contribution in [1.82, 2.24) is 0 Å². The number of benzene rings is 2. The molecule has 0 aliphatic rings. The molecule has 122 valence electrons. The van der Waals surface area contributed by atoms with Crippen LogP contribution in [0.2, 0.25) is 0 Å². The van der Waals surface area contributed by atoms with Crippen LogP contribution in [0.4, 0.5) is 0 Å². The van der Waals surface area contributed by atoms with Crippen molar-refractivity contribution in [3.63, 3.8) is 0 Å². The van der Waals surface area contributed by atoms with Crippen molar-refractivity contribution in [2.45, 2.75) is 33.1 Å². The van der Waals surface area contributed by atoms with Crippen molar-refractivity contribution in [2.24, 2.45) is 0 Å². The number of carbonyl (C=O) groups excluding carboxylic acids is 1. The summed E-state index contributed by atoms with van der Waals surface area (Å²) in [5.74, 6) is 1.76. The maximum absolute atomic E-state index is 12.3. The van der Waals surface area contributed by atoms with Gasteiger partial charge < -0.3 is 9.47 Å². The number of ether oxygens (including phenoxy) is 2. The smallest absolute Gasteiger partial charge is 0.167 e. The van der Waals surface area contributed by atoms with Crippen LogP contribution in [0.3, 0.4) is 0 Å². The molecule has 3 heteroatoms. The number of hydrogen-bond donors (Lipinski definition) is 0. The van der Waals surface area contributed by atoms with Gasteiger partial charge in [0.2, 0.25) is 0 Å². The van der Waals surface area contributed by atoms with Gasteiger partial charge in [-0.25, -0.2) is 0 Å². The summed E-state index contributed by atoms with van der Waals surface area (Å²) >= 11 is 0. The lowest BCUT2D eigenvalue weighted by atomic mass is 10.0. The second-order valence-electron chi connectivity index (χ2n) is 5.47. The van der Waals surface area contributed by atoms with Gasteiger partial charge in [0.15, 0.2) is 5.78 Å². The SMILES string of the molecule is CCCOc1ccc(CC(=O)c2ccc(OCCC)cc2)cc1. The van der Waals surface area contributed by atoms with Gasteiger partial charge in [0, 0.05) is 12.0 Å². The van der Waals surface area contributed by atoms with Gasteiger partial charge in [-0.15, -0.1) is 0 Å². The van der Waals surface area contributed by atoms with E-state index in [9.17, 15) is 4.79 Å². The van der Waals surface area contributed by atoms with E-state index in [1.165, 1.54) is 0 Å². The molecule has 23 heavy (non-hydrogen) atoms. The summed E-state index contributed by atoms with van der Waals surface area (Å²) < 4.78 is 11.1. The highest BCUT2D eigenvalue weighted by Gasteiger charge is 2.07. The van der Waals surface area contributed by atoms with Crippen LogP contribution in [0.15, 0.2) is 48.5 Å². The van der Waals surface area contributed by atoms with Crippen molar-refractivity contribution in [3.8, 4) is 11.5 Å². The van der Waals surface area contributed by atoms with Gasteiger partial charge in [-0.2, -0.15) is 0 Å². The minimum Gasteiger partial charge on any atom is -0.494 e. The summed E-state index contributed by atoms with van der Waals surface area (Å²) in [5.41, 5.74) is 1.70. The minimum atomic E-state index is 0.106. The number of ketones is 1. The molecule has 0 aliphatic heterocycles. The Morgan fingerprint density at radius 3 is 1.74 bits per heavy atom. The average Bonchev–Trinajstić information content (AvgIpc) is 2.59. The number of Topliss-reactive ketones (excluding diaryl/α,β-unsaturated/α-hetero) is 1. The predicted molar refractivity (Wildman–Crippen MR) is 92.5 cm³/mol. The monoisotopic (exact) mass is 312 g/mol. The zero-order valence-electron chi connectivity index (χ0n) is 13.9. The van der Waals surface area contributed by atoms with Crippen LogP contribution in [0, 0.1) is 0 Å². The summed E-state index contributed by atoms with van der Waals surface area (Å²) in [4.78, 5) is 12.3. The van der Waals surface area contributed by atoms with Crippen molar-refractivity contribution in [2.75, 3.05) is 13.2 Å². The van der Waals surface area contributed by atoms with E-state index in [0.29, 0.717) is 25.2 Å². The standard InChI is InChI=1S/C20H24O3/c1-3-13-22-18-9-5-16(6-10-18)15-20(21)17-7-11-19(12-8-17)23-14-4-2/h5-12H,3-4,13-15H2,1-2H3. The zero-order chi connectivity index (χ0) is 16.5. The van der Waals surface area contributed by atoms with E-state index in [-0.39, 0.29) is 5.78 Å². The molecular formula is C20H24O3. The van der Waals surface area contributed by atoms with Crippen LogP contribution in [-0.2, 0) is 6.42 Å². The molecule has 0 aliphatic carbocycles. The van der Waals surface area contributed by atoms with Crippen LogP contribution in [0.25, 0.3) is 0 Å². The van der Waals surface area contributed by atoms with Crippen molar-refractivity contribution >= 4 is 5.78 Å².